The average Bonchev–Trinajstić information content (AvgIpc) is 2.46. The standard InChI is InChI=1S/C14H14ClN3O4S/c1-9(11-4-2-3-5-12(11)15)17-13-7-6-10(18(19)20)8-14(13)23(16,21)22/h2-9,17H,1H3,(H2,16,21,22)/t9-/m0/s1. The molecule has 2 aromatic carbocycles. The highest BCUT2D eigenvalue weighted by molar-refractivity contribution is 7.89. The van der Waals surface area contributed by atoms with Gasteiger partial charge in [0.15, 0.2) is 0 Å². The topological polar surface area (TPSA) is 115 Å². The molecule has 0 aliphatic carbocycles. The molecule has 0 aliphatic rings. The lowest BCUT2D eigenvalue weighted by Crippen LogP contribution is -2.17. The summed E-state index contributed by atoms with van der Waals surface area (Å²) in [5.41, 5.74) is 0.573. The Morgan fingerprint density at radius 1 is 1.26 bits per heavy atom. The smallest absolute Gasteiger partial charge is 0.270 e. The van der Waals surface area contributed by atoms with Crippen molar-refractivity contribution in [3.05, 3.63) is 63.2 Å². The van der Waals surface area contributed by atoms with E-state index in [-0.39, 0.29) is 22.3 Å². The molecule has 0 aliphatic heterocycles. The lowest BCUT2D eigenvalue weighted by atomic mass is 10.1. The molecule has 3 N–H and O–H groups in total. The van der Waals surface area contributed by atoms with Gasteiger partial charge in [0.25, 0.3) is 5.69 Å². The van der Waals surface area contributed by atoms with Gasteiger partial charge in [0.2, 0.25) is 10.0 Å². The third kappa shape index (κ3) is 3.98. The predicted molar refractivity (Wildman–Crippen MR) is 88.0 cm³/mol. The number of halogens is 1. The van der Waals surface area contributed by atoms with E-state index in [2.05, 4.69) is 5.32 Å². The summed E-state index contributed by atoms with van der Waals surface area (Å²) in [7, 11) is -4.13. The SMILES string of the molecule is C[C@H](Nc1ccc([N+](=O)[O-])cc1S(N)(=O)=O)c1ccccc1Cl. The second-order valence-electron chi connectivity index (χ2n) is 4.87. The van der Waals surface area contributed by atoms with Crippen molar-refractivity contribution in [3.8, 4) is 0 Å². The second-order valence-corrected chi connectivity index (χ2v) is 6.81. The molecule has 23 heavy (non-hydrogen) atoms. The zero-order chi connectivity index (χ0) is 17.2. The van der Waals surface area contributed by atoms with Crippen LogP contribution in [0.25, 0.3) is 0 Å². The van der Waals surface area contributed by atoms with Crippen LogP contribution in [-0.4, -0.2) is 13.3 Å². The fourth-order valence-electron chi connectivity index (χ4n) is 2.12. The van der Waals surface area contributed by atoms with Crippen LogP contribution in [0, 0.1) is 10.1 Å². The van der Waals surface area contributed by atoms with Crippen molar-refractivity contribution >= 4 is 33.0 Å². The van der Waals surface area contributed by atoms with Crippen LogP contribution in [0.5, 0.6) is 0 Å². The Kier molecular flexibility index (Phi) is 4.88. The van der Waals surface area contributed by atoms with Crippen LogP contribution in [0.4, 0.5) is 11.4 Å². The highest BCUT2D eigenvalue weighted by Gasteiger charge is 2.20. The number of nitro groups is 1. The first kappa shape index (κ1) is 17.2. The lowest BCUT2D eigenvalue weighted by Gasteiger charge is -2.18. The average molecular weight is 356 g/mol. The Labute approximate surface area is 138 Å². The van der Waals surface area contributed by atoms with Gasteiger partial charge in [-0.3, -0.25) is 10.1 Å². The van der Waals surface area contributed by atoms with E-state index in [1.165, 1.54) is 12.1 Å². The van der Waals surface area contributed by atoms with E-state index in [4.69, 9.17) is 16.7 Å². The molecule has 0 saturated carbocycles. The maximum Gasteiger partial charge on any atom is 0.270 e. The summed E-state index contributed by atoms with van der Waals surface area (Å²) >= 11 is 6.11. The Bertz CT molecular complexity index is 855. The summed E-state index contributed by atoms with van der Waals surface area (Å²) in [6, 6.07) is 10.2. The maximum atomic E-state index is 11.7. The number of rotatable bonds is 5. The first-order valence-electron chi connectivity index (χ1n) is 6.52. The van der Waals surface area contributed by atoms with Crippen molar-refractivity contribution in [2.24, 2.45) is 5.14 Å². The Morgan fingerprint density at radius 2 is 1.91 bits per heavy atom. The number of sulfonamides is 1. The minimum Gasteiger partial charge on any atom is -0.377 e. The van der Waals surface area contributed by atoms with E-state index >= 15 is 0 Å². The third-order valence-corrected chi connectivity index (χ3v) is 4.52. The second kappa shape index (κ2) is 6.53. The van der Waals surface area contributed by atoms with Gasteiger partial charge in [0.05, 0.1) is 16.7 Å². The van der Waals surface area contributed by atoms with Crippen LogP contribution in [0.1, 0.15) is 18.5 Å². The number of anilines is 1. The fraction of sp³-hybridized carbons (Fsp3) is 0.143. The zero-order valence-electron chi connectivity index (χ0n) is 12.1. The molecule has 7 nitrogen and oxygen atoms in total. The van der Waals surface area contributed by atoms with Gasteiger partial charge >= 0.3 is 0 Å². The molecule has 0 amide bonds. The van der Waals surface area contributed by atoms with Gasteiger partial charge in [-0.25, -0.2) is 13.6 Å². The molecule has 0 heterocycles. The predicted octanol–water partition coefficient (Wildman–Crippen LogP) is 3.07. The van der Waals surface area contributed by atoms with Crippen LogP contribution in [-0.2, 0) is 10.0 Å². The highest BCUT2D eigenvalue weighted by atomic mass is 35.5. The van der Waals surface area contributed by atoms with Crippen LogP contribution >= 0.6 is 11.6 Å². The molecule has 0 radical (unpaired) electrons. The number of hydrogen-bond donors (Lipinski definition) is 2. The Hall–Kier alpha value is -2.16. The number of nitrogens with one attached hydrogen (secondary N) is 1. The normalized spacial score (nSPS) is 12.7. The molecule has 2 rings (SSSR count). The van der Waals surface area contributed by atoms with Crippen molar-refractivity contribution in [2.75, 3.05) is 5.32 Å². The minimum absolute atomic E-state index is 0.172. The minimum atomic E-state index is -4.13. The molecular weight excluding hydrogens is 342 g/mol. The maximum absolute atomic E-state index is 11.7. The Morgan fingerprint density at radius 3 is 2.48 bits per heavy atom. The van der Waals surface area contributed by atoms with Gasteiger partial charge in [-0.05, 0) is 24.6 Å². The molecule has 0 bridgehead atoms. The number of primary sulfonamides is 1. The number of nitrogens with zero attached hydrogens (tertiary/aromatic N) is 1. The van der Waals surface area contributed by atoms with Gasteiger partial charge in [-0.1, -0.05) is 29.8 Å². The number of nitrogens with two attached hydrogens (primary N) is 1. The molecule has 9 heteroatoms. The van der Waals surface area contributed by atoms with Gasteiger partial charge in [-0.15, -0.1) is 0 Å². The third-order valence-electron chi connectivity index (χ3n) is 3.23. The first-order valence-corrected chi connectivity index (χ1v) is 8.45. The molecule has 2 aromatic rings. The van der Waals surface area contributed by atoms with E-state index < -0.39 is 14.9 Å². The lowest BCUT2D eigenvalue weighted by molar-refractivity contribution is -0.385. The van der Waals surface area contributed by atoms with Gasteiger partial charge in [0.1, 0.15) is 4.90 Å². The van der Waals surface area contributed by atoms with E-state index in [9.17, 15) is 18.5 Å². The molecule has 0 fully saturated rings. The number of hydrogen-bond acceptors (Lipinski definition) is 5. The van der Waals surface area contributed by atoms with Crippen molar-refractivity contribution < 1.29 is 13.3 Å². The van der Waals surface area contributed by atoms with Crippen molar-refractivity contribution in [2.45, 2.75) is 17.9 Å². The van der Waals surface area contributed by atoms with Gasteiger partial charge in [0, 0.05) is 17.2 Å². The molecule has 0 unspecified atom stereocenters. The molecule has 0 saturated heterocycles. The number of non-ortho nitro benzene ring substituents is 1. The summed E-state index contributed by atoms with van der Waals surface area (Å²) in [5, 5.41) is 19.5. The Balaban J connectivity index is 2.44. The molecule has 122 valence electrons. The van der Waals surface area contributed by atoms with E-state index in [0.717, 1.165) is 11.6 Å². The highest BCUT2D eigenvalue weighted by Crippen LogP contribution is 2.30. The number of nitro benzene ring substituents is 1. The summed E-state index contributed by atoms with van der Waals surface area (Å²) in [4.78, 5) is 9.79. The van der Waals surface area contributed by atoms with Crippen molar-refractivity contribution in [3.63, 3.8) is 0 Å². The van der Waals surface area contributed by atoms with Gasteiger partial charge < -0.3 is 5.32 Å². The van der Waals surface area contributed by atoms with E-state index in [0.29, 0.717) is 5.02 Å². The van der Waals surface area contributed by atoms with Crippen LogP contribution < -0.4 is 10.5 Å². The quantitative estimate of drug-likeness (QED) is 0.631. The summed E-state index contributed by atoms with van der Waals surface area (Å²) < 4.78 is 23.4. The van der Waals surface area contributed by atoms with Crippen LogP contribution in [0.3, 0.4) is 0 Å². The summed E-state index contributed by atoms with van der Waals surface area (Å²) in [5.74, 6) is 0. The van der Waals surface area contributed by atoms with Crippen LogP contribution in [0.15, 0.2) is 47.4 Å². The molecule has 0 aromatic heterocycles. The monoisotopic (exact) mass is 355 g/mol. The van der Waals surface area contributed by atoms with Gasteiger partial charge in [-0.2, -0.15) is 0 Å². The van der Waals surface area contributed by atoms with Crippen molar-refractivity contribution in [1.29, 1.82) is 0 Å². The van der Waals surface area contributed by atoms with Crippen molar-refractivity contribution in [1.82, 2.24) is 0 Å². The van der Waals surface area contributed by atoms with E-state index in [1.807, 2.05) is 0 Å². The molecule has 1 atom stereocenters. The summed E-state index contributed by atoms with van der Waals surface area (Å²) in [6.07, 6.45) is 0. The van der Waals surface area contributed by atoms with E-state index in [1.54, 1.807) is 31.2 Å². The largest absolute Gasteiger partial charge is 0.377 e. The summed E-state index contributed by atoms with van der Waals surface area (Å²) in [6.45, 7) is 1.79. The molecular formula is C14H14ClN3O4S. The zero-order valence-corrected chi connectivity index (χ0v) is 13.6. The van der Waals surface area contributed by atoms with Crippen LogP contribution in [0.2, 0.25) is 5.02 Å². The first-order chi connectivity index (χ1) is 10.7. The fourth-order valence-corrected chi connectivity index (χ4v) is 3.13. The molecule has 0 spiro atoms. The number of benzene rings is 2.